The van der Waals surface area contributed by atoms with E-state index in [-0.39, 0.29) is 72.9 Å². The number of carbonyl (C=O) groups is 4. The number of amides is 4. The first kappa shape index (κ1) is 37.2. The Morgan fingerprint density at radius 1 is 1.08 bits per heavy atom. The number of nitrogens with zero attached hydrogens (tertiary/aromatic N) is 6. The Morgan fingerprint density at radius 2 is 1.85 bits per heavy atom. The lowest BCUT2D eigenvalue weighted by Gasteiger charge is -2.25. The summed E-state index contributed by atoms with van der Waals surface area (Å²) < 4.78 is 34.5. The van der Waals surface area contributed by atoms with Crippen molar-refractivity contribution in [1.29, 1.82) is 0 Å². The number of nitrogens with one attached hydrogen (secondary N) is 1. The molecule has 4 amide bonds. The van der Waals surface area contributed by atoms with E-state index in [1.54, 1.807) is 42.0 Å². The van der Waals surface area contributed by atoms with Gasteiger partial charge in [0, 0.05) is 69.2 Å². The summed E-state index contributed by atoms with van der Waals surface area (Å²) >= 11 is 0. The van der Waals surface area contributed by atoms with Crippen molar-refractivity contribution in [2.75, 3.05) is 39.8 Å². The molecule has 0 spiro atoms. The van der Waals surface area contributed by atoms with Crippen LogP contribution in [-0.2, 0) is 23.2 Å². The summed E-state index contributed by atoms with van der Waals surface area (Å²) in [6.45, 7) is 8.31. The summed E-state index contributed by atoms with van der Waals surface area (Å²) in [6.07, 6.45) is 1.50. The number of benzene rings is 2. The highest BCUT2D eigenvalue weighted by Crippen LogP contribution is 2.29. The van der Waals surface area contributed by atoms with Gasteiger partial charge < -0.3 is 34.0 Å². The molecule has 0 saturated carbocycles. The van der Waals surface area contributed by atoms with Crippen LogP contribution in [0.15, 0.2) is 53.2 Å². The zero-order chi connectivity index (χ0) is 38.0. The van der Waals surface area contributed by atoms with E-state index in [1.807, 2.05) is 27.7 Å². The third kappa shape index (κ3) is 8.40. The average molecular weight is 730 g/mol. The van der Waals surface area contributed by atoms with Crippen molar-refractivity contribution in [1.82, 2.24) is 35.0 Å². The maximum absolute atomic E-state index is 15.0. The zero-order valence-corrected chi connectivity index (χ0v) is 30.7. The van der Waals surface area contributed by atoms with Crippen LogP contribution in [0.1, 0.15) is 69.7 Å². The molecule has 4 heterocycles. The summed E-state index contributed by atoms with van der Waals surface area (Å²) in [7, 11) is 3.48. The van der Waals surface area contributed by atoms with Gasteiger partial charge in [-0.15, -0.1) is 0 Å². The average Bonchev–Trinajstić information content (AvgIpc) is 3.84. The molecule has 0 radical (unpaired) electrons. The van der Waals surface area contributed by atoms with Gasteiger partial charge in [-0.2, -0.15) is 5.10 Å². The van der Waals surface area contributed by atoms with Crippen LogP contribution in [0.2, 0.25) is 0 Å². The van der Waals surface area contributed by atoms with E-state index in [1.165, 1.54) is 40.1 Å². The minimum Gasteiger partial charge on any atom is -0.457 e. The van der Waals surface area contributed by atoms with Gasteiger partial charge in [-0.1, -0.05) is 25.9 Å². The van der Waals surface area contributed by atoms with Gasteiger partial charge in [-0.3, -0.25) is 23.9 Å². The van der Waals surface area contributed by atoms with Crippen LogP contribution in [0.25, 0.3) is 11.3 Å². The van der Waals surface area contributed by atoms with Crippen LogP contribution in [0.4, 0.5) is 4.39 Å². The molecule has 0 aliphatic carbocycles. The maximum Gasteiger partial charge on any atom is 0.276 e. The van der Waals surface area contributed by atoms with Crippen molar-refractivity contribution < 1.29 is 37.6 Å². The van der Waals surface area contributed by atoms with E-state index in [0.29, 0.717) is 29.9 Å². The fourth-order valence-electron chi connectivity index (χ4n) is 6.64. The van der Waals surface area contributed by atoms with Gasteiger partial charge in [-0.25, -0.2) is 4.39 Å². The molecule has 1 saturated heterocycles. The Hall–Kier alpha value is -5.57. The summed E-state index contributed by atoms with van der Waals surface area (Å²) in [4.78, 5) is 59.3. The second-order valence-corrected chi connectivity index (χ2v) is 14.0. The van der Waals surface area contributed by atoms with Crippen LogP contribution in [0.5, 0.6) is 11.5 Å². The Morgan fingerprint density at radius 3 is 2.57 bits per heavy atom. The van der Waals surface area contributed by atoms with Crippen LogP contribution < -0.4 is 10.1 Å². The first-order valence-corrected chi connectivity index (χ1v) is 17.6. The van der Waals surface area contributed by atoms with Crippen molar-refractivity contribution in [3.05, 3.63) is 82.6 Å². The van der Waals surface area contributed by atoms with Gasteiger partial charge in [0.2, 0.25) is 5.91 Å². The first-order chi connectivity index (χ1) is 25.3. The van der Waals surface area contributed by atoms with Gasteiger partial charge >= 0.3 is 0 Å². The zero-order valence-electron chi connectivity index (χ0n) is 30.7. The molecular formula is C38H44FN7O7. The van der Waals surface area contributed by atoms with Crippen molar-refractivity contribution in [3.63, 3.8) is 0 Å². The monoisotopic (exact) mass is 729 g/mol. The smallest absolute Gasteiger partial charge is 0.276 e. The SMILES string of the molecule is CCCN1CC(=O)N[C@@H]2CN(C(=O)c3cc(-c4cnn(C)c4C)on3)C[C@H]2OCc2cc(F)cc(c2)Oc2cc(C(=O)N(C)CC(C)C)cc(c2)C1=O. The van der Waals surface area contributed by atoms with Gasteiger partial charge in [0.15, 0.2) is 11.5 Å². The highest BCUT2D eigenvalue weighted by Gasteiger charge is 2.39. The quantitative estimate of drug-likeness (QED) is 0.291. The molecule has 0 unspecified atom stereocenters. The largest absolute Gasteiger partial charge is 0.457 e. The summed E-state index contributed by atoms with van der Waals surface area (Å²) in [5.41, 5.74) is 2.40. The van der Waals surface area contributed by atoms with Gasteiger partial charge in [0.25, 0.3) is 17.7 Å². The number of hydrogen-bond donors (Lipinski definition) is 1. The Bertz CT molecular complexity index is 2020. The molecule has 2 atom stereocenters. The van der Waals surface area contributed by atoms with Crippen LogP contribution >= 0.6 is 0 Å². The second kappa shape index (κ2) is 15.6. The van der Waals surface area contributed by atoms with Crippen molar-refractivity contribution in [2.24, 2.45) is 13.0 Å². The predicted molar refractivity (Wildman–Crippen MR) is 191 cm³/mol. The number of aryl methyl sites for hydroxylation is 1. The normalized spacial score (nSPS) is 17.8. The van der Waals surface area contributed by atoms with E-state index >= 15 is 0 Å². The minimum atomic E-state index is -0.685. The fourth-order valence-corrected chi connectivity index (χ4v) is 6.64. The van der Waals surface area contributed by atoms with E-state index in [2.05, 4.69) is 15.6 Å². The molecule has 4 bridgehead atoms. The molecule has 1 N–H and O–H groups in total. The molecular weight excluding hydrogens is 685 g/mol. The number of hydrogen-bond acceptors (Lipinski definition) is 9. The molecule has 280 valence electrons. The molecule has 2 aromatic heterocycles. The van der Waals surface area contributed by atoms with E-state index in [9.17, 15) is 23.6 Å². The molecule has 2 aliphatic heterocycles. The second-order valence-electron chi connectivity index (χ2n) is 14.0. The number of likely N-dealkylation sites (tertiary alicyclic amines) is 1. The van der Waals surface area contributed by atoms with Crippen molar-refractivity contribution in [3.8, 4) is 22.8 Å². The summed E-state index contributed by atoms with van der Waals surface area (Å²) in [5.74, 6) is -1.39. The number of carbonyl (C=O) groups excluding carboxylic acids is 4. The third-order valence-corrected chi connectivity index (χ3v) is 9.26. The number of aromatic nitrogens is 3. The first-order valence-electron chi connectivity index (χ1n) is 17.6. The van der Waals surface area contributed by atoms with Crippen molar-refractivity contribution in [2.45, 2.75) is 52.9 Å². The lowest BCUT2D eigenvalue weighted by Crippen LogP contribution is -2.49. The van der Waals surface area contributed by atoms with Crippen LogP contribution in [-0.4, -0.2) is 105 Å². The molecule has 53 heavy (non-hydrogen) atoms. The Kier molecular flexibility index (Phi) is 10.9. The predicted octanol–water partition coefficient (Wildman–Crippen LogP) is 4.43. The minimum absolute atomic E-state index is 0.0637. The van der Waals surface area contributed by atoms with Gasteiger partial charge in [0.05, 0.1) is 37.1 Å². The molecule has 2 aliphatic rings. The standard InChI is InChI=1S/C38H44FN7O7/c1-7-8-45-20-35(47)41-32-18-46(38(50)31-15-33(53-42-31)30-16-40-44(6)23(30)4)19-34(32)51-21-24-9-27(39)14-28(10-24)52-29-12-25(11-26(13-29)37(45)49)36(48)43(5)17-22(2)3/h9-16,22,32,34H,7-8,17-21H2,1-6H3,(H,41,47)/t32-,34-/m1/s1. The Labute approximate surface area is 306 Å². The summed E-state index contributed by atoms with van der Waals surface area (Å²) in [5, 5.41) is 11.2. The Balaban J connectivity index is 1.30. The van der Waals surface area contributed by atoms with E-state index < -0.39 is 35.7 Å². The number of halogens is 1. The highest BCUT2D eigenvalue weighted by molar-refractivity contribution is 6.01. The molecule has 2 aromatic carbocycles. The summed E-state index contributed by atoms with van der Waals surface area (Å²) in [6, 6.07) is 9.48. The van der Waals surface area contributed by atoms with Gasteiger partial charge in [-0.05, 0) is 55.2 Å². The highest BCUT2D eigenvalue weighted by atomic mass is 19.1. The lowest BCUT2D eigenvalue weighted by molar-refractivity contribution is -0.123. The lowest BCUT2D eigenvalue weighted by atomic mass is 10.1. The topological polar surface area (TPSA) is 152 Å². The maximum atomic E-state index is 15.0. The molecule has 15 heteroatoms. The van der Waals surface area contributed by atoms with E-state index in [0.717, 1.165) is 5.69 Å². The fraction of sp³-hybridized carbons (Fsp3) is 0.421. The molecule has 4 aromatic rings. The number of rotatable bonds is 7. The van der Waals surface area contributed by atoms with E-state index in [4.69, 9.17) is 14.0 Å². The van der Waals surface area contributed by atoms with Crippen molar-refractivity contribution >= 4 is 23.6 Å². The third-order valence-electron chi connectivity index (χ3n) is 9.26. The molecule has 14 nitrogen and oxygen atoms in total. The number of fused-ring (bicyclic) bond motifs is 5. The molecule has 1 fully saturated rings. The molecule has 6 rings (SSSR count). The van der Waals surface area contributed by atoms with Gasteiger partial charge in [0.1, 0.15) is 17.3 Å². The van der Waals surface area contributed by atoms with Crippen LogP contribution in [0.3, 0.4) is 0 Å². The van der Waals surface area contributed by atoms with Crippen LogP contribution in [0, 0.1) is 18.7 Å². The number of ether oxygens (including phenoxy) is 2.